The Balaban J connectivity index is 1.51. The molecule has 4 aromatic rings. The topological polar surface area (TPSA) is 98.2 Å². The smallest absolute Gasteiger partial charge is 0.301 e. The molecule has 1 saturated heterocycles. The van der Waals surface area contributed by atoms with Gasteiger partial charge in [-0.15, -0.1) is 0 Å². The first-order valence-corrected chi connectivity index (χ1v) is 16.3. The number of ketones is 1. The number of thiazole rings is 1. The summed E-state index contributed by atoms with van der Waals surface area (Å²) in [6.45, 7) is 13.1. The van der Waals surface area contributed by atoms with Crippen LogP contribution in [0.15, 0.2) is 54.1 Å². The summed E-state index contributed by atoms with van der Waals surface area (Å²) in [5.74, 6) is 0.557. The second-order valence-electron chi connectivity index (χ2n) is 12.2. The second-order valence-corrected chi connectivity index (χ2v) is 13.2. The zero-order valence-corrected chi connectivity index (χ0v) is 27.3. The lowest BCUT2D eigenvalue weighted by molar-refractivity contribution is -0.132. The zero-order chi connectivity index (χ0) is 32.0. The summed E-state index contributed by atoms with van der Waals surface area (Å²) < 4.78 is 18.8. The molecule has 0 aliphatic carbocycles. The third-order valence-electron chi connectivity index (χ3n) is 8.17. The molecule has 1 amide bonds. The number of rotatable bonds is 9. The molecule has 3 aromatic carbocycles. The van der Waals surface area contributed by atoms with Crippen LogP contribution in [0.4, 0.5) is 5.13 Å². The van der Waals surface area contributed by atoms with Crippen LogP contribution < -0.4 is 19.1 Å². The van der Waals surface area contributed by atoms with E-state index < -0.39 is 17.7 Å². The van der Waals surface area contributed by atoms with E-state index in [2.05, 4.69) is 13.8 Å². The van der Waals surface area contributed by atoms with Crippen LogP contribution >= 0.6 is 11.3 Å². The summed E-state index contributed by atoms with van der Waals surface area (Å²) in [6.07, 6.45) is 1.59. The van der Waals surface area contributed by atoms with Crippen LogP contribution in [0, 0.1) is 19.8 Å². The molecule has 234 valence electrons. The molecule has 2 atom stereocenters. The van der Waals surface area contributed by atoms with E-state index in [0.29, 0.717) is 53.3 Å². The van der Waals surface area contributed by atoms with Crippen LogP contribution in [-0.2, 0) is 16.0 Å². The third kappa shape index (κ3) is 5.77. The van der Waals surface area contributed by atoms with Crippen LogP contribution in [0.1, 0.15) is 68.0 Å². The number of hydrogen-bond acceptors (Lipinski definition) is 8. The summed E-state index contributed by atoms with van der Waals surface area (Å²) in [4.78, 5) is 34.0. The number of aromatic nitrogens is 1. The number of hydrogen-bond donors (Lipinski definition) is 1. The van der Waals surface area contributed by atoms with E-state index in [1.807, 2.05) is 52.0 Å². The van der Waals surface area contributed by atoms with E-state index in [1.165, 1.54) is 16.2 Å². The van der Waals surface area contributed by atoms with Crippen molar-refractivity contribution in [3.05, 3.63) is 81.9 Å². The maximum atomic E-state index is 13.9. The first-order chi connectivity index (χ1) is 21.5. The summed E-state index contributed by atoms with van der Waals surface area (Å²) >= 11 is 1.35. The van der Waals surface area contributed by atoms with Crippen molar-refractivity contribution in [3.8, 4) is 17.2 Å². The fourth-order valence-corrected chi connectivity index (χ4v) is 7.19. The summed E-state index contributed by atoms with van der Waals surface area (Å²) in [6, 6.07) is 13.9. The summed E-state index contributed by atoms with van der Waals surface area (Å²) in [5.41, 5.74) is 4.82. The fourth-order valence-electron chi connectivity index (χ4n) is 6.02. The molecule has 0 bridgehead atoms. The fraction of sp³-hybridized carbons (Fsp3) is 0.361. The van der Waals surface area contributed by atoms with Crippen molar-refractivity contribution in [2.24, 2.45) is 5.92 Å². The van der Waals surface area contributed by atoms with Gasteiger partial charge in [0.1, 0.15) is 17.6 Å². The highest BCUT2D eigenvalue weighted by Crippen LogP contribution is 2.46. The zero-order valence-electron chi connectivity index (χ0n) is 26.5. The van der Waals surface area contributed by atoms with E-state index in [0.717, 1.165) is 39.1 Å². The SMILES string of the molecule is CCOc1cc([C@@H]2/C(=C(\O)c3ccc4c(c3)C[C@@H](C)O4)C(=O)C(=O)N2c2nc3c(C)cc(C)cc3s2)ccc1OCCC(C)C. The number of carbonyl (C=O) groups excluding carboxylic acids is 2. The number of ether oxygens (including phenoxy) is 3. The molecule has 3 heterocycles. The number of fused-ring (bicyclic) bond motifs is 2. The van der Waals surface area contributed by atoms with Crippen LogP contribution in [0.3, 0.4) is 0 Å². The van der Waals surface area contributed by atoms with Gasteiger partial charge in [-0.3, -0.25) is 14.5 Å². The molecule has 6 rings (SSSR count). The van der Waals surface area contributed by atoms with Gasteiger partial charge in [0.25, 0.3) is 5.78 Å². The molecular formula is C36H38N2O6S. The number of aryl methyl sites for hydroxylation is 2. The van der Waals surface area contributed by atoms with E-state index in [-0.39, 0.29) is 17.4 Å². The van der Waals surface area contributed by atoms with Crippen LogP contribution in [0.2, 0.25) is 0 Å². The quantitative estimate of drug-likeness (QED) is 0.116. The van der Waals surface area contributed by atoms with Gasteiger partial charge in [0, 0.05) is 12.0 Å². The lowest BCUT2D eigenvalue weighted by atomic mass is 9.94. The van der Waals surface area contributed by atoms with Crippen molar-refractivity contribution in [2.75, 3.05) is 18.1 Å². The van der Waals surface area contributed by atoms with Gasteiger partial charge in [-0.05, 0) is 98.7 Å². The number of anilines is 1. The van der Waals surface area contributed by atoms with Gasteiger partial charge in [-0.2, -0.15) is 0 Å². The van der Waals surface area contributed by atoms with Crippen molar-refractivity contribution < 1.29 is 28.9 Å². The van der Waals surface area contributed by atoms with Crippen molar-refractivity contribution in [1.29, 1.82) is 0 Å². The molecule has 0 radical (unpaired) electrons. The summed E-state index contributed by atoms with van der Waals surface area (Å²) in [7, 11) is 0. The highest BCUT2D eigenvalue weighted by atomic mass is 32.1. The largest absolute Gasteiger partial charge is 0.507 e. The number of benzene rings is 3. The number of Topliss-reactive ketones (excluding diaryl/α,β-unsaturated/α-hetero) is 1. The number of amides is 1. The first kappa shape index (κ1) is 30.6. The van der Waals surface area contributed by atoms with Crippen molar-refractivity contribution in [3.63, 3.8) is 0 Å². The van der Waals surface area contributed by atoms with E-state index in [1.54, 1.807) is 24.3 Å². The van der Waals surface area contributed by atoms with Gasteiger partial charge in [0.2, 0.25) is 0 Å². The molecule has 1 fully saturated rings. The Hall–Kier alpha value is -4.37. The van der Waals surface area contributed by atoms with Gasteiger partial charge in [-0.25, -0.2) is 4.98 Å². The Morgan fingerprint density at radius 2 is 1.89 bits per heavy atom. The minimum absolute atomic E-state index is 0.00463. The predicted octanol–water partition coefficient (Wildman–Crippen LogP) is 7.69. The van der Waals surface area contributed by atoms with Gasteiger partial charge >= 0.3 is 5.91 Å². The molecule has 2 aliphatic rings. The average Bonchev–Trinajstić information content (AvgIpc) is 3.65. The lowest BCUT2D eigenvalue weighted by Gasteiger charge is -2.24. The number of nitrogens with zero attached hydrogens (tertiary/aromatic N) is 2. The molecule has 45 heavy (non-hydrogen) atoms. The molecule has 2 aliphatic heterocycles. The molecule has 0 unspecified atom stereocenters. The predicted molar refractivity (Wildman–Crippen MR) is 177 cm³/mol. The third-order valence-corrected chi connectivity index (χ3v) is 9.18. The maximum absolute atomic E-state index is 13.9. The van der Waals surface area contributed by atoms with Gasteiger partial charge in [0.15, 0.2) is 16.6 Å². The van der Waals surface area contributed by atoms with Crippen molar-refractivity contribution >= 4 is 44.1 Å². The molecule has 1 aromatic heterocycles. The standard InChI is InChI=1S/C36H38N2O6S/c1-7-42-28-18-23(8-11-27(28)43-13-12-19(2)3)32-30(33(39)24-9-10-26-25(17-24)16-22(6)44-26)34(40)35(41)38(32)36-37-31-21(5)14-20(4)15-29(31)45-36/h8-11,14-15,17-19,22,32,39H,7,12-13,16H2,1-6H3/b33-30+/t22-,32-/m1/s1. The minimum atomic E-state index is -0.945. The molecule has 8 nitrogen and oxygen atoms in total. The Morgan fingerprint density at radius 3 is 2.64 bits per heavy atom. The molecular weight excluding hydrogens is 588 g/mol. The Morgan fingerprint density at radius 1 is 1.09 bits per heavy atom. The normalized spacial score (nSPS) is 19.0. The van der Waals surface area contributed by atoms with E-state index >= 15 is 0 Å². The Kier molecular flexibility index (Phi) is 8.31. The van der Waals surface area contributed by atoms with Gasteiger partial charge in [-0.1, -0.05) is 37.3 Å². The van der Waals surface area contributed by atoms with Gasteiger partial charge < -0.3 is 19.3 Å². The van der Waals surface area contributed by atoms with Crippen LogP contribution in [-0.4, -0.2) is 41.1 Å². The van der Waals surface area contributed by atoms with E-state index in [9.17, 15) is 14.7 Å². The first-order valence-electron chi connectivity index (χ1n) is 15.4. The monoisotopic (exact) mass is 626 g/mol. The van der Waals surface area contributed by atoms with E-state index in [4.69, 9.17) is 19.2 Å². The van der Waals surface area contributed by atoms with Crippen molar-refractivity contribution in [1.82, 2.24) is 4.98 Å². The van der Waals surface area contributed by atoms with Crippen LogP contribution in [0.25, 0.3) is 16.0 Å². The highest BCUT2D eigenvalue weighted by molar-refractivity contribution is 7.22. The molecule has 9 heteroatoms. The Labute approximate surface area is 267 Å². The Bertz CT molecular complexity index is 1840. The molecule has 0 saturated carbocycles. The molecule has 1 N–H and O–H groups in total. The summed E-state index contributed by atoms with van der Waals surface area (Å²) in [5, 5.41) is 12.2. The highest BCUT2D eigenvalue weighted by Gasteiger charge is 2.48. The molecule has 0 spiro atoms. The lowest BCUT2D eigenvalue weighted by Crippen LogP contribution is -2.29. The second kappa shape index (κ2) is 12.2. The average molecular weight is 627 g/mol. The number of aliphatic hydroxyl groups excluding tert-OH is 1. The van der Waals surface area contributed by atoms with Crippen LogP contribution in [0.5, 0.6) is 17.2 Å². The van der Waals surface area contributed by atoms with Gasteiger partial charge in [0.05, 0.1) is 35.0 Å². The maximum Gasteiger partial charge on any atom is 0.301 e. The minimum Gasteiger partial charge on any atom is -0.507 e. The number of aliphatic hydroxyl groups is 1. The number of carbonyl (C=O) groups is 2. The van der Waals surface area contributed by atoms with Crippen molar-refractivity contribution in [2.45, 2.75) is 66.5 Å².